The minimum Gasteiger partial charge on any atom is -0.462 e. The summed E-state index contributed by atoms with van der Waals surface area (Å²) in [4.78, 5) is 12.4. The molecular formula is C18H22O4S. The molecule has 2 aliphatic rings. The first-order chi connectivity index (χ1) is 11.0. The molecule has 0 radical (unpaired) electrons. The maximum Gasteiger partial charge on any atom is 0.334 e. The number of esters is 1. The van der Waals surface area contributed by atoms with Gasteiger partial charge >= 0.3 is 5.97 Å². The molecule has 4 nitrogen and oxygen atoms in total. The molecule has 3 rings (SSSR count). The first-order valence-corrected chi connectivity index (χ1v) is 10.1. The van der Waals surface area contributed by atoms with Crippen LogP contribution in [0, 0.1) is 5.92 Å². The van der Waals surface area contributed by atoms with E-state index in [1.807, 2.05) is 12.1 Å². The summed E-state index contributed by atoms with van der Waals surface area (Å²) < 4.78 is 28.4. The fourth-order valence-electron chi connectivity index (χ4n) is 3.61. The smallest absolute Gasteiger partial charge is 0.334 e. The largest absolute Gasteiger partial charge is 0.462 e. The highest BCUT2D eigenvalue weighted by Gasteiger charge is 2.29. The second-order valence-electron chi connectivity index (χ2n) is 6.41. The van der Waals surface area contributed by atoms with Crippen LogP contribution in [0.3, 0.4) is 0 Å². The van der Waals surface area contributed by atoms with Crippen LogP contribution in [0.5, 0.6) is 0 Å². The van der Waals surface area contributed by atoms with Crippen LogP contribution in [0.15, 0.2) is 34.7 Å². The van der Waals surface area contributed by atoms with Gasteiger partial charge in [0.15, 0.2) is 9.84 Å². The molecular weight excluding hydrogens is 312 g/mol. The van der Waals surface area contributed by atoms with Crippen LogP contribution < -0.4 is 0 Å². The SMILES string of the molecule is CS(=O)(=O)c1ccc(C(=C2CCOC2=O)C2CCCCC2)cc1. The molecule has 0 atom stereocenters. The van der Waals surface area contributed by atoms with Gasteiger partial charge in [0, 0.05) is 18.2 Å². The van der Waals surface area contributed by atoms with Crippen molar-refractivity contribution >= 4 is 21.4 Å². The Morgan fingerprint density at radius 2 is 1.74 bits per heavy atom. The zero-order valence-electron chi connectivity index (χ0n) is 13.4. The molecule has 0 unspecified atom stereocenters. The van der Waals surface area contributed by atoms with E-state index < -0.39 is 9.84 Å². The molecule has 23 heavy (non-hydrogen) atoms. The summed E-state index contributed by atoms with van der Waals surface area (Å²) in [7, 11) is -3.21. The summed E-state index contributed by atoms with van der Waals surface area (Å²) in [6.45, 7) is 0.450. The number of ether oxygens (including phenoxy) is 1. The number of carbonyl (C=O) groups excluding carboxylic acids is 1. The number of sulfone groups is 1. The van der Waals surface area contributed by atoms with Gasteiger partial charge in [0.1, 0.15) is 0 Å². The molecule has 124 valence electrons. The predicted molar refractivity (Wildman–Crippen MR) is 88.6 cm³/mol. The summed E-state index contributed by atoms with van der Waals surface area (Å²) in [6, 6.07) is 6.93. The standard InChI is InChI=1S/C18H22O4S/c1-23(20,21)15-9-7-14(8-10-15)17(13-5-3-2-4-6-13)16-11-12-22-18(16)19/h7-10,13H,2-6,11-12H2,1H3. The number of allylic oxidation sites excluding steroid dienone is 1. The third-order valence-electron chi connectivity index (χ3n) is 4.76. The van der Waals surface area contributed by atoms with Crippen LogP contribution in [0.1, 0.15) is 44.1 Å². The number of rotatable bonds is 3. The molecule has 0 aromatic heterocycles. The number of hydrogen-bond acceptors (Lipinski definition) is 4. The van der Waals surface area contributed by atoms with Crippen molar-refractivity contribution in [1.29, 1.82) is 0 Å². The molecule has 0 spiro atoms. The van der Waals surface area contributed by atoms with Crippen LogP contribution in [0.25, 0.3) is 5.57 Å². The Balaban J connectivity index is 2.03. The highest BCUT2D eigenvalue weighted by molar-refractivity contribution is 7.90. The molecule has 1 heterocycles. The number of benzene rings is 1. The minimum absolute atomic E-state index is 0.210. The zero-order chi connectivity index (χ0) is 16.4. The fourth-order valence-corrected chi connectivity index (χ4v) is 4.24. The Kier molecular flexibility index (Phi) is 4.57. The van der Waals surface area contributed by atoms with E-state index in [0.29, 0.717) is 23.8 Å². The molecule has 1 aromatic rings. The molecule has 0 amide bonds. The van der Waals surface area contributed by atoms with Gasteiger partial charge in [-0.3, -0.25) is 0 Å². The van der Waals surface area contributed by atoms with Gasteiger partial charge in [-0.2, -0.15) is 0 Å². The van der Waals surface area contributed by atoms with Crippen molar-refractivity contribution in [1.82, 2.24) is 0 Å². The van der Waals surface area contributed by atoms with Crippen molar-refractivity contribution in [2.24, 2.45) is 5.92 Å². The molecule has 2 fully saturated rings. The van der Waals surface area contributed by atoms with Crippen LogP contribution in [-0.2, 0) is 19.4 Å². The lowest BCUT2D eigenvalue weighted by atomic mass is 9.78. The Bertz CT molecular complexity index is 723. The van der Waals surface area contributed by atoms with Crippen LogP contribution in [-0.4, -0.2) is 27.2 Å². The first-order valence-electron chi connectivity index (χ1n) is 8.17. The van der Waals surface area contributed by atoms with Crippen LogP contribution in [0.2, 0.25) is 0 Å². The van der Waals surface area contributed by atoms with Gasteiger partial charge in [0.2, 0.25) is 0 Å². The molecule has 1 aliphatic carbocycles. The van der Waals surface area contributed by atoms with Gasteiger partial charge in [-0.1, -0.05) is 31.4 Å². The topological polar surface area (TPSA) is 60.4 Å². The lowest BCUT2D eigenvalue weighted by Crippen LogP contribution is -2.12. The Morgan fingerprint density at radius 1 is 1.09 bits per heavy atom. The Labute approximate surface area is 137 Å². The average Bonchev–Trinajstić information content (AvgIpc) is 2.94. The summed E-state index contributed by atoms with van der Waals surface area (Å²) in [5, 5.41) is 0. The average molecular weight is 334 g/mol. The van der Waals surface area contributed by atoms with E-state index in [0.717, 1.165) is 29.6 Å². The second kappa shape index (κ2) is 6.48. The van der Waals surface area contributed by atoms with Gasteiger partial charge < -0.3 is 4.74 Å². The number of hydrogen-bond donors (Lipinski definition) is 0. The van der Waals surface area contributed by atoms with E-state index in [1.54, 1.807) is 12.1 Å². The van der Waals surface area contributed by atoms with E-state index in [9.17, 15) is 13.2 Å². The summed E-state index contributed by atoms with van der Waals surface area (Å²) in [5.74, 6) is 0.159. The molecule has 1 aromatic carbocycles. The maximum absolute atomic E-state index is 12.1. The number of carbonyl (C=O) groups is 1. The van der Waals surface area contributed by atoms with Gasteiger partial charge in [-0.25, -0.2) is 13.2 Å². The second-order valence-corrected chi connectivity index (χ2v) is 8.43. The highest BCUT2D eigenvalue weighted by atomic mass is 32.2. The third kappa shape index (κ3) is 3.50. The van der Waals surface area contributed by atoms with Gasteiger partial charge in [0.05, 0.1) is 11.5 Å². The Morgan fingerprint density at radius 3 is 2.26 bits per heavy atom. The van der Waals surface area contributed by atoms with Gasteiger partial charge in [-0.05, 0) is 42.0 Å². The molecule has 0 bridgehead atoms. The lowest BCUT2D eigenvalue weighted by Gasteiger charge is -2.26. The van der Waals surface area contributed by atoms with Gasteiger partial charge in [-0.15, -0.1) is 0 Å². The van der Waals surface area contributed by atoms with E-state index in [4.69, 9.17) is 4.74 Å². The van der Waals surface area contributed by atoms with Crippen molar-refractivity contribution < 1.29 is 17.9 Å². The lowest BCUT2D eigenvalue weighted by molar-refractivity contribution is -0.135. The third-order valence-corrected chi connectivity index (χ3v) is 5.89. The maximum atomic E-state index is 12.1. The molecule has 1 saturated heterocycles. The zero-order valence-corrected chi connectivity index (χ0v) is 14.2. The van der Waals surface area contributed by atoms with E-state index in [1.165, 1.54) is 25.5 Å². The van der Waals surface area contributed by atoms with E-state index in [2.05, 4.69) is 0 Å². The highest BCUT2D eigenvalue weighted by Crippen LogP contribution is 2.39. The van der Waals surface area contributed by atoms with Crippen LogP contribution >= 0.6 is 0 Å². The monoisotopic (exact) mass is 334 g/mol. The van der Waals surface area contributed by atoms with Crippen molar-refractivity contribution in [2.45, 2.75) is 43.4 Å². The number of cyclic esters (lactones) is 1. The molecule has 0 N–H and O–H groups in total. The normalized spacial score (nSPS) is 22.0. The fraction of sp³-hybridized carbons (Fsp3) is 0.500. The first kappa shape index (κ1) is 16.2. The summed E-state index contributed by atoms with van der Waals surface area (Å²) in [6.07, 6.45) is 7.63. The quantitative estimate of drug-likeness (QED) is 0.628. The Hall–Kier alpha value is -1.62. The molecule has 5 heteroatoms. The summed E-state index contributed by atoms with van der Waals surface area (Å²) >= 11 is 0. The summed E-state index contributed by atoms with van der Waals surface area (Å²) in [5.41, 5.74) is 2.81. The van der Waals surface area contributed by atoms with E-state index in [-0.39, 0.29) is 5.97 Å². The van der Waals surface area contributed by atoms with Crippen molar-refractivity contribution in [2.75, 3.05) is 12.9 Å². The minimum atomic E-state index is -3.21. The predicted octanol–water partition coefficient (Wildman–Crippen LogP) is 3.37. The molecule has 1 saturated carbocycles. The van der Waals surface area contributed by atoms with Crippen molar-refractivity contribution in [3.05, 3.63) is 35.4 Å². The van der Waals surface area contributed by atoms with Crippen LogP contribution in [0.4, 0.5) is 0 Å². The van der Waals surface area contributed by atoms with Crippen molar-refractivity contribution in [3.63, 3.8) is 0 Å². The van der Waals surface area contributed by atoms with E-state index >= 15 is 0 Å². The van der Waals surface area contributed by atoms with Crippen molar-refractivity contribution in [3.8, 4) is 0 Å². The molecule has 1 aliphatic heterocycles. The van der Waals surface area contributed by atoms with Gasteiger partial charge in [0.25, 0.3) is 0 Å².